The van der Waals surface area contributed by atoms with Crippen LogP contribution < -0.4 is 10.6 Å². The Morgan fingerprint density at radius 2 is 2.00 bits per heavy atom. The third-order valence-electron chi connectivity index (χ3n) is 2.93. The molecule has 0 aliphatic carbocycles. The summed E-state index contributed by atoms with van der Waals surface area (Å²) in [6.07, 6.45) is 2.59. The first-order valence-electron chi connectivity index (χ1n) is 5.13. The molecule has 2 rings (SSSR count). The van der Waals surface area contributed by atoms with Crippen molar-refractivity contribution in [2.75, 3.05) is 31.1 Å². The number of rotatable bonds is 3. The molecule has 2 N–H and O–H groups in total. The van der Waals surface area contributed by atoms with Gasteiger partial charge in [0.2, 0.25) is 0 Å². The lowest BCUT2D eigenvalue weighted by Gasteiger charge is -2.29. The van der Waals surface area contributed by atoms with Gasteiger partial charge in [-0.1, -0.05) is 0 Å². The third-order valence-corrected chi connectivity index (χ3v) is 4.48. The van der Waals surface area contributed by atoms with Gasteiger partial charge in [-0.05, 0) is 38.4 Å². The van der Waals surface area contributed by atoms with Gasteiger partial charge in [-0.25, -0.2) is 0 Å². The summed E-state index contributed by atoms with van der Waals surface area (Å²) in [6, 6.07) is 0.552. The van der Waals surface area contributed by atoms with E-state index in [1.807, 2.05) is 0 Å². The van der Waals surface area contributed by atoms with E-state index >= 15 is 0 Å². The summed E-state index contributed by atoms with van der Waals surface area (Å²) in [5.41, 5.74) is 0. The van der Waals surface area contributed by atoms with Crippen LogP contribution in [-0.2, 0) is 10.8 Å². The maximum atomic E-state index is 10.8. The summed E-state index contributed by atoms with van der Waals surface area (Å²) >= 11 is 0. The fraction of sp³-hybridized carbons (Fsp3) is 1.00. The van der Waals surface area contributed by atoms with Crippen LogP contribution in [-0.4, -0.2) is 41.4 Å². The molecule has 2 aliphatic heterocycles. The lowest BCUT2D eigenvalue weighted by atomic mass is 9.98. The minimum atomic E-state index is -0.503. The second kappa shape index (κ2) is 4.53. The smallest absolute Gasteiger partial charge is 0.0398 e. The van der Waals surface area contributed by atoms with Crippen LogP contribution in [0.3, 0.4) is 0 Å². The van der Waals surface area contributed by atoms with Gasteiger partial charge in [0.1, 0.15) is 0 Å². The van der Waals surface area contributed by atoms with Crippen LogP contribution in [0, 0.1) is 5.92 Å². The summed E-state index contributed by atoms with van der Waals surface area (Å²) in [5, 5.41) is 6.86. The van der Waals surface area contributed by atoms with Gasteiger partial charge in [0.15, 0.2) is 0 Å². The molecule has 0 radical (unpaired) electrons. The van der Waals surface area contributed by atoms with Crippen molar-refractivity contribution in [1.29, 1.82) is 0 Å². The van der Waals surface area contributed by atoms with Gasteiger partial charge >= 0.3 is 0 Å². The molecule has 0 aromatic heterocycles. The van der Waals surface area contributed by atoms with E-state index in [1.165, 1.54) is 25.9 Å². The van der Waals surface area contributed by atoms with Crippen molar-refractivity contribution in [3.63, 3.8) is 0 Å². The molecule has 0 saturated carbocycles. The lowest BCUT2D eigenvalue weighted by molar-refractivity contribution is 0.345. The summed E-state index contributed by atoms with van der Waals surface area (Å²) in [5.74, 6) is 2.60. The first kappa shape index (κ1) is 9.62. The fourth-order valence-corrected chi connectivity index (χ4v) is 2.97. The molecule has 2 aliphatic rings. The number of hydrogen-bond acceptors (Lipinski definition) is 3. The van der Waals surface area contributed by atoms with Crippen molar-refractivity contribution in [3.8, 4) is 0 Å². The molecular weight excluding hydrogens is 184 g/mol. The van der Waals surface area contributed by atoms with E-state index in [4.69, 9.17) is 0 Å². The maximum absolute atomic E-state index is 10.8. The number of piperidine rings is 1. The Hall–Kier alpha value is 0.0700. The molecule has 2 heterocycles. The van der Waals surface area contributed by atoms with Crippen LogP contribution in [0.4, 0.5) is 0 Å². The van der Waals surface area contributed by atoms with Gasteiger partial charge in [0.25, 0.3) is 0 Å². The SMILES string of the molecule is O=S1CC(NCC2CCNCC2)C1. The number of nitrogens with one attached hydrogen (secondary N) is 2. The predicted octanol–water partition coefficient (Wildman–Crippen LogP) is -0.294. The Bertz CT molecular complexity index is 184. The Morgan fingerprint density at radius 1 is 1.31 bits per heavy atom. The van der Waals surface area contributed by atoms with Crippen molar-refractivity contribution >= 4 is 10.8 Å². The van der Waals surface area contributed by atoms with Gasteiger partial charge in [-0.2, -0.15) is 0 Å². The Kier molecular flexibility index (Phi) is 3.35. The fourth-order valence-electron chi connectivity index (χ4n) is 1.94. The minimum absolute atomic E-state index is 0.503. The quantitative estimate of drug-likeness (QED) is 0.660. The van der Waals surface area contributed by atoms with Gasteiger partial charge in [-0.3, -0.25) is 4.21 Å². The lowest BCUT2D eigenvalue weighted by Crippen LogP contribution is -2.49. The van der Waals surface area contributed by atoms with E-state index in [-0.39, 0.29) is 0 Å². The molecule has 76 valence electrons. The Balaban J connectivity index is 1.59. The topological polar surface area (TPSA) is 41.1 Å². The molecule has 3 nitrogen and oxygen atoms in total. The zero-order valence-corrected chi connectivity index (χ0v) is 8.74. The highest BCUT2D eigenvalue weighted by atomic mass is 32.2. The van der Waals surface area contributed by atoms with E-state index in [9.17, 15) is 4.21 Å². The molecule has 2 fully saturated rings. The molecule has 0 unspecified atom stereocenters. The Labute approximate surface area is 82.1 Å². The highest BCUT2D eigenvalue weighted by Gasteiger charge is 2.25. The van der Waals surface area contributed by atoms with E-state index in [0.29, 0.717) is 6.04 Å². The van der Waals surface area contributed by atoms with Crippen LogP contribution in [0.5, 0.6) is 0 Å². The average molecular weight is 202 g/mol. The van der Waals surface area contributed by atoms with Crippen molar-refractivity contribution in [1.82, 2.24) is 10.6 Å². The van der Waals surface area contributed by atoms with Crippen LogP contribution >= 0.6 is 0 Å². The summed E-state index contributed by atoms with van der Waals surface area (Å²) < 4.78 is 10.8. The van der Waals surface area contributed by atoms with Crippen molar-refractivity contribution < 1.29 is 4.21 Å². The van der Waals surface area contributed by atoms with E-state index in [0.717, 1.165) is 24.0 Å². The monoisotopic (exact) mass is 202 g/mol. The summed E-state index contributed by atoms with van der Waals surface area (Å²) in [6.45, 7) is 3.47. The van der Waals surface area contributed by atoms with Crippen molar-refractivity contribution in [2.45, 2.75) is 18.9 Å². The average Bonchev–Trinajstić information content (AvgIpc) is 2.12. The molecule has 0 bridgehead atoms. The molecule has 4 heteroatoms. The molecule has 0 aromatic rings. The largest absolute Gasteiger partial charge is 0.317 e. The van der Waals surface area contributed by atoms with Crippen LogP contribution in [0.15, 0.2) is 0 Å². The van der Waals surface area contributed by atoms with Gasteiger partial charge in [0.05, 0.1) is 0 Å². The second-order valence-corrected chi connectivity index (χ2v) is 5.62. The number of hydrogen-bond donors (Lipinski definition) is 2. The van der Waals surface area contributed by atoms with E-state index < -0.39 is 10.8 Å². The molecule has 13 heavy (non-hydrogen) atoms. The molecule has 2 saturated heterocycles. The molecular formula is C9H18N2OS. The van der Waals surface area contributed by atoms with Crippen LogP contribution in [0.25, 0.3) is 0 Å². The van der Waals surface area contributed by atoms with Crippen LogP contribution in [0.1, 0.15) is 12.8 Å². The third kappa shape index (κ3) is 2.76. The Morgan fingerprint density at radius 3 is 2.62 bits per heavy atom. The van der Waals surface area contributed by atoms with Crippen molar-refractivity contribution in [3.05, 3.63) is 0 Å². The first-order chi connectivity index (χ1) is 6.34. The van der Waals surface area contributed by atoms with Gasteiger partial charge < -0.3 is 10.6 Å². The molecule has 0 amide bonds. The standard InChI is InChI=1S/C9H18N2OS/c12-13-6-9(7-13)11-5-8-1-3-10-4-2-8/h8-11H,1-7H2. The molecule has 0 atom stereocenters. The van der Waals surface area contributed by atoms with Crippen LogP contribution in [0.2, 0.25) is 0 Å². The zero-order chi connectivity index (χ0) is 9.10. The highest BCUT2D eigenvalue weighted by molar-refractivity contribution is 7.86. The minimum Gasteiger partial charge on any atom is -0.317 e. The van der Waals surface area contributed by atoms with Gasteiger partial charge in [0, 0.05) is 28.3 Å². The van der Waals surface area contributed by atoms with E-state index in [1.54, 1.807) is 0 Å². The first-order valence-corrected chi connectivity index (χ1v) is 6.62. The maximum Gasteiger partial charge on any atom is 0.0398 e. The van der Waals surface area contributed by atoms with Crippen molar-refractivity contribution in [2.24, 2.45) is 5.92 Å². The summed E-state index contributed by atoms with van der Waals surface area (Å²) in [4.78, 5) is 0. The normalized spacial score (nSPS) is 35.7. The summed E-state index contributed by atoms with van der Waals surface area (Å²) in [7, 11) is -0.503. The zero-order valence-electron chi connectivity index (χ0n) is 7.92. The predicted molar refractivity (Wildman–Crippen MR) is 55.3 cm³/mol. The second-order valence-electron chi connectivity index (χ2n) is 4.07. The highest BCUT2D eigenvalue weighted by Crippen LogP contribution is 2.12. The molecule has 0 aromatic carbocycles. The van der Waals surface area contributed by atoms with Gasteiger partial charge in [-0.15, -0.1) is 0 Å². The molecule has 0 spiro atoms. The van der Waals surface area contributed by atoms with E-state index in [2.05, 4.69) is 10.6 Å².